The number of aromatic nitrogens is 1. The van der Waals surface area contributed by atoms with Crippen molar-refractivity contribution in [3.63, 3.8) is 0 Å². The van der Waals surface area contributed by atoms with Crippen molar-refractivity contribution in [1.82, 2.24) is 14.4 Å². The number of piperidine rings is 1. The molecule has 0 saturated carbocycles. The third-order valence-corrected chi connectivity index (χ3v) is 5.84. The molecule has 1 aromatic carbocycles. The Bertz CT molecular complexity index is 809. The first-order chi connectivity index (χ1) is 13.1. The Morgan fingerprint density at radius 1 is 0.963 bits per heavy atom. The number of benzene rings is 1. The summed E-state index contributed by atoms with van der Waals surface area (Å²) in [5.74, 6) is -0.203. The van der Waals surface area contributed by atoms with Gasteiger partial charge in [-0.1, -0.05) is 30.3 Å². The monoisotopic (exact) mass is 366 g/mol. The number of likely N-dealkylation sites (tertiary alicyclic amines) is 1. The zero-order valence-corrected chi connectivity index (χ0v) is 15.5. The number of fused-ring (bicyclic) bond motifs is 1. The lowest BCUT2D eigenvalue weighted by Crippen LogP contribution is -2.48. The Balaban J connectivity index is 1.49. The van der Waals surface area contributed by atoms with Crippen LogP contribution in [0.3, 0.4) is 0 Å². The summed E-state index contributed by atoms with van der Waals surface area (Å²) >= 11 is 0. The average molecular weight is 366 g/mol. The Kier molecular flexibility index (Phi) is 4.99. The van der Waals surface area contributed by atoms with Gasteiger partial charge in [0.15, 0.2) is 0 Å². The van der Waals surface area contributed by atoms with Gasteiger partial charge in [0.1, 0.15) is 0 Å². The van der Waals surface area contributed by atoms with Crippen LogP contribution in [0.4, 0.5) is 0 Å². The van der Waals surface area contributed by atoms with Crippen LogP contribution in [-0.4, -0.2) is 52.4 Å². The van der Waals surface area contributed by atoms with Gasteiger partial charge in [-0.05, 0) is 30.5 Å². The fourth-order valence-corrected chi connectivity index (χ4v) is 4.31. The van der Waals surface area contributed by atoms with E-state index in [0.717, 1.165) is 13.1 Å². The molecule has 2 aromatic rings. The Morgan fingerprint density at radius 3 is 2.41 bits per heavy atom. The molecule has 0 spiro atoms. The molecular weight excluding hydrogens is 340 g/mol. The van der Waals surface area contributed by atoms with Gasteiger partial charge < -0.3 is 15.2 Å². The van der Waals surface area contributed by atoms with Gasteiger partial charge in [-0.3, -0.25) is 14.5 Å². The van der Waals surface area contributed by atoms with Gasteiger partial charge in [0.25, 0.3) is 0 Å². The summed E-state index contributed by atoms with van der Waals surface area (Å²) in [6.07, 6.45) is 3.46. The van der Waals surface area contributed by atoms with Crippen molar-refractivity contribution in [2.75, 3.05) is 26.2 Å². The number of hydrogen-bond acceptors (Lipinski definition) is 3. The summed E-state index contributed by atoms with van der Waals surface area (Å²) in [6, 6.07) is 14.7. The Labute approximate surface area is 159 Å². The molecule has 6 heteroatoms. The van der Waals surface area contributed by atoms with E-state index in [-0.39, 0.29) is 23.8 Å². The molecule has 0 radical (unpaired) electrons. The van der Waals surface area contributed by atoms with Crippen molar-refractivity contribution < 1.29 is 9.59 Å². The number of rotatable bonds is 4. The van der Waals surface area contributed by atoms with E-state index in [0.29, 0.717) is 32.5 Å². The first kappa shape index (κ1) is 17.8. The molecule has 1 unspecified atom stereocenters. The fourth-order valence-electron chi connectivity index (χ4n) is 4.31. The van der Waals surface area contributed by atoms with E-state index in [2.05, 4.69) is 39.9 Å². The molecule has 2 N–H and O–H groups in total. The van der Waals surface area contributed by atoms with E-state index in [1.54, 1.807) is 0 Å². The average Bonchev–Trinajstić information content (AvgIpc) is 3.17. The molecule has 0 aliphatic carbocycles. The molecule has 142 valence electrons. The van der Waals surface area contributed by atoms with Crippen LogP contribution in [0.2, 0.25) is 0 Å². The normalized spacial score (nSPS) is 21.0. The van der Waals surface area contributed by atoms with Crippen molar-refractivity contribution in [1.29, 1.82) is 0 Å². The maximum absolute atomic E-state index is 12.9. The first-order valence-corrected chi connectivity index (χ1v) is 9.64. The quantitative estimate of drug-likeness (QED) is 0.894. The van der Waals surface area contributed by atoms with Crippen LogP contribution in [0, 0.1) is 5.92 Å². The SMILES string of the molecule is NC(=O)C1CCN(C(=O)CN2CCn3cccc3C2c2ccccc2)CC1. The van der Waals surface area contributed by atoms with Crippen molar-refractivity contribution in [2.45, 2.75) is 25.4 Å². The van der Waals surface area contributed by atoms with Gasteiger partial charge >= 0.3 is 0 Å². The van der Waals surface area contributed by atoms with Gasteiger partial charge in [0, 0.05) is 44.0 Å². The topological polar surface area (TPSA) is 71.6 Å². The highest BCUT2D eigenvalue weighted by Crippen LogP contribution is 2.32. The van der Waals surface area contributed by atoms with Crippen LogP contribution < -0.4 is 5.73 Å². The van der Waals surface area contributed by atoms with Gasteiger partial charge in [-0.15, -0.1) is 0 Å². The van der Waals surface area contributed by atoms with Crippen LogP contribution in [0.1, 0.15) is 30.1 Å². The highest BCUT2D eigenvalue weighted by Gasteiger charge is 2.32. The smallest absolute Gasteiger partial charge is 0.236 e. The number of carbonyl (C=O) groups is 2. The summed E-state index contributed by atoms with van der Waals surface area (Å²) in [5.41, 5.74) is 7.84. The summed E-state index contributed by atoms with van der Waals surface area (Å²) in [6.45, 7) is 3.36. The first-order valence-electron chi connectivity index (χ1n) is 9.64. The highest BCUT2D eigenvalue weighted by atomic mass is 16.2. The van der Waals surface area contributed by atoms with Gasteiger partial charge in [0.05, 0.1) is 12.6 Å². The van der Waals surface area contributed by atoms with Crippen LogP contribution in [0.15, 0.2) is 48.7 Å². The molecule has 6 nitrogen and oxygen atoms in total. The number of hydrogen-bond donors (Lipinski definition) is 1. The maximum atomic E-state index is 12.9. The minimum Gasteiger partial charge on any atom is -0.369 e. The predicted molar refractivity (Wildman–Crippen MR) is 103 cm³/mol. The van der Waals surface area contributed by atoms with Gasteiger partial charge in [-0.25, -0.2) is 0 Å². The zero-order valence-electron chi connectivity index (χ0n) is 15.5. The van der Waals surface area contributed by atoms with Crippen LogP contribution in [0.5, 0.6) is 0 Å². The number of nitrogens with two attached hydrogens (primary N) is 1. The molecule has 27 heavy (non-hydrogen) atoms. The minimum absolute atomic E-state index is 0.0852. The maximum Gasteiger partial charge on any atom is 0.236 e. The van der Waals surface area contributed by atoms with Gasteiger partial charge in [0.2, 0.25) is 11.8 Å². The third kappa shape index (κ3) is 3.62. The second-order valence-electron chi connectivity index (χ2n) is 7.47. The summed E-state index contributed by atoms with van der Waals surface area (Å²) < 4.78 is 2.27. The molecule has 0 bridgehead atoms. The lowest BCUT2D eigenvalue weighted by Gasteiger charge is -2.39. The minimum atomic E-state index is -0.247. The van der Waals surface area contributed by atoms with Crippen molar-refractivity contribution in [2.24, 2.45) is 11.7 Å². The lowest BCUT2D eigenvalue weighted by atomic mass is 9.96. The predicted octanol–water partition coefficient (Wildman–Crippen LogP) is 1.62. The molecule has 1 aromatic heterocycles. The Morgan fingerprint density at radius 2 is 1.70 bits per heavy atom. The molecule has 1 saturated heterocycles. The molecule has 2 amide bonds. The molecule has 2 aliphatic heterocycles. The van der Waals surface area contributed by atoms with E-state index in [1.807, 2.05) is 23.1 Å². The fraction of sp³-hybridized carbons (Fsp3) is 0.429. The molecule has 1 fully saturated rings. The van der Waals surface area contributed by atoms with Crippen molar-refractivity contribution in [3.05, 3.63) is 59.9 Å². The lowest BCUT2D eigenvalue weighted by molar-refractivity contribution is -0.136. The summed E-state index contributed by atoms with van der Waals surface area (Å²) in [7, 11) is 0. The van der Waals surface area contributed by atoms with E-state index < -0.39 is 0 Å². The molecular formula is C21H26N4O2. The van der Waals surface area contributed by atoms with Gasteiger partial charge in [-0.2, -0.15) is 0 Å². The zero-order chi connectivity index (χ0) is 18.8. The van der Waals surface area contributed by atoms with Crippen LogP contribution in [0.25, 0.3) is 0 Å². The number of primary amides is 1. The van der Waals surface area contributed by atoms with Crippen molar-refractivity contribution in [3.8, 4) is 0 Å². The second kappa shape index (κ2) is 7.56. The van der Waals surface area contributed by atoms with Crippen LogP contribution >= 0.6 is 0 Å². The van der Waals surface area contributed by atoms with E-state index in [1.165, 1.54) is 11.3 Å². The van der Waals surface area contributed by atoms with Crippen molar-refractivity contribution >= 4 is 11.8 Å². The van der Waals surface area contributed by atoms with E-state index >= 15 is 0 Å². The Hall–Kier alpha value is -2.60. The molecule has 4 rings (SSSR count). The van der Waals surface area contributed by atoms with E-state index in [4.69, 9.17) is 5.73 Å². The molecule has 1 atom stereocenters. The van der Waals surface area contributed by atoms with Crippen LogP contribution in [-0.2, 0) is 16.1 Å². The standard InChI is InChI=1S/C21H26N4O2/c22-21(27)17-8-11-24(12-9-17)19(26)15-25-14-13-23-10-4-7-18(23)20(25)16-5-2-1-3-6-16/h1-7,10,17,20H,8-9,11-15H2,(H2,22,27). The summed E-state index contributed by atoms with van der Waals surface area (Å²) in [5, 5.41) is 0. The largest absolute Gasteiger partial charge is 0.369 e. The molecule has 3 heterocycles. The number of nitrogens with zero attached hydrogens (tertiary/aromatic N) is 3. The highest BCUT2D eigenvalue weighted by molar-refractivity contribution is 5.80. The third-order valence-electron chi connectivity index (χ3n) is 5.84. The number of carbonyl (C=O) groups excluding carboxylic acids is 2. The second-order valence-corrected chi connectivity index (χ2v) is 7.47. The summed E-state index contributed by atoms with van der Waals surface area (Å²) in [4.78, 5) is 28.4. The molecule has 2 aliphatic rings. The number of amides is 2. The van der Waals surface area contributed by atoms with E-state index in [9.17, 15) is 9.59 Å².